The fourth-order valence-corrected chi connectivity index (χ4v) is 5.28. The number of carbonyl (C=O) groups excluding carboxylic acids is 4. The van der Waals surface area contributed by atoms with E-state index in [1.165, 1.54) is 19.3 Å². The molecule has 3 aliphatic heterocycles. The molecule has 1 saturated carbocycles. The van der Waals surface area contributed by atoms with Crippen molar-refractivity contribution in [2.24, 2.45) is 11.3 Å². The monoisotopic (exact) mass is 410 g/mol. The minimum absolute atomic E-state index is 0.123. The molecule has 2 unspecified atom stereocenters. The molecule has 1 aromatic rings. The normalized spacial score (nSPS) is 27.4. The van der Waals surface area contributed by atoms with Crippen molar-refractivity contribution >= 4 is 23.6 Å². The maximum atomic E-state index is 12.9. The summed E-state index contributed by atoms with van der Waals surface area (Å²) in [6, 6.07) is 4.36. The van der Waals surface area contributed by atoms with Crippen molar-refractivity contribution in [2.75, 3.05) is 19.6 Å². The van der Waals surface area contributed by atoms with Gasteiger partial charge < -0.3 is 10.6 Å². The van der Waals surface area contributed by atoms with Crippen molar-refractivity contribution in [3.05, 3.63) is 34.9 Å². The van der Waals surface area contributed by atoms with Crippen LogP contribution in [0.15, 0.2) is 18.2 Å². The molecule has 3 fully saturated rings. The second-order valence-corrected chi connectivity index (χ2v) is 8.97. The number of benzene rings is 1. The van der Waals surface area contributed by atoms with Crippen LogP contribution in [0.25, 0.3) is 0 Å². The smallest absolute Gasteiger partial charge is 0.262 e. The van der Waals surface area contributed by atoms with Gasteiger partial charge in [0, 0.05) is 13.0 Å². The SMILES string of the molecule is O=C1CCC(N2C(=O)c3ccc(CNCC4CC45CCNCC5)cc3C2=O)C(=O)N1. The largest absolute Gasteiger partial charge is 0.317 e. The highest BCUT2D eigenvalue weighted by Crippen LogP contribution is 2.58. The molecule has 158 valence electrons. The second-order valence-electron chi connectivity index (χ2n) is 8.97. The second kappa shape index (κ2) is 7.28. The van der Waals surface area contributed by atoms with E-state index in [9.17, 15) is 19.2 Å². The van der Waals surface area contributed by atoms with E-state index >= 15 is 0 Å². The summed E-state index contributed by atoms with van der Waals surface area (Å²) >= 11 is 0. The molecule has 3 N–H and O–H groups in total. The molecule has 0 aromatic heterocycles. The molecule has 8 nitrogen and oxygen atoms in total. The van der Waals surface area contributed by atoms with E-state index in [0.717, 1.165) is 36.0 Å². The molecule has 1 spiro atoms. The first-order chi connectivity index (χ1) is 14.5. The Kier molecular flexibility index (Phi) is 4.71. The first-order valence-electron chi connectivity index (χ1n) is 10.7. The van der Waals surface area contributed by atoms with Gasteiger partial charge >= 0.3 is 0 Å². The molecule has 4 aliphatic rings. The van der Waals surface area contributed by atoms with Crippen molar-refractivity contribution in [3.8, 4) is 0 Å². The van der Waals surface area contributed by atoms with Gasteiger partial charge in [-0.05, 0) is 74.3 Å². The summed E-state index contributed by atoms with van der Waals surface area (Å²) in [7, 11) is 0. The van der Waals surface area contributed by atoms with E-state index in [1.54, 1.807) is 12.1 Å². The van der Waals surface area contributed by atoms with E-state index < -0.39 is 23.8 Å². The standard InChI is InChI=1S/C22H26N4O4/c27-18-4-3-17(19(28)25-18)26-20(29)15-2-1-13(9-16(15)21(26)30)11-24-12-14-10-22(14)5-7-23-8-6-22/h1-2,9,14,17,23-24H,3-8,10-12H2,(H,25,27,28). The molecule has 8 heteroatoms. The van der Waals surface area contributed by atoms with E-state index in [4.69, 9.17) is 0 Å². The lowest BCUT2D eigenvalue weighted by atomic mass is 9.92. The lowest BCUT2D eigenvalue weighted by molar-refractivity contribution is -0.136. The number of hydrogen-bond donors (Lipinski definition) is 3. The average molecular weight is 410 g/mol. The van der Waals surface area contributed by atoms with Gasteiger partial charge in [0.25, 0.3) is 11.8 Å². The Bertz CT molecular complexity index is 937. The van der Waals surface area contributed by atoms with E-state index in [1.807, 2.05) is 6.07 Å². The van der Waals surface area contributed by atoms with Crippen molar-refractivity contribution in [3.63, 3.8) is 0 Å². The zero-order valence-corrected chi connectivity index (χ0v) is 16.8. The lowest BCUT2D eigenvalue weighted by Gasteiger charge is -2.27. The van der Waals surface area contributed by atoms with Gasteiger partial charge in [0.1, 0.15) is 6.04 Å². The molecule has 0 bridgehead atoms. The van der Waals surface area contributed by atoms with Gasteiger partial charge in [-0.3, -0.25) is 29.4 Å². The minimum atomic E-state index is -0.923. The van der Waals surface area contributed by atoms with Crippen LogP contribution >= 0.6 is 0 Å². The van der Waals surface area contributed by atoms with Crippen molar-refractivity contribution in [2.45, 2.75) is 44.7 Å². The summed E-state index contributed by atoms with van der Waals surface area (Å²) in [5, 5.41) is 9.14. The number of rotatable bonds is 5. The number of fused-ring (bicyclic) bond motifs is 1. The van der Waals surface area contributed by atoms with Crippen molar-refractivity contribution in [1.82, 2.24) is 20.9 Å². The third kappa shape index (κ3) is 3.24. The Hall–Kier alpha value is -2.58. The topological polar surface area (TPSA) is 108 Å². The van der Waals surface area contributed by atoms with E-state index in [-0.39, 0.29) is 18.7 Å². The molecule has 0 radical (unpaired) electrons. The Morgan fingerprint density at radius 1 is 1.07 bits per heavy atom. The zero-order valence-electron chi connectivity index (χ0n) is 16.8. The highest BCUT2D eigenvalue weighted by atomic mass is 16.2. The molecule has 1 aliphatic carbocycles. The number of imide groups is 2. The highest BCUT2D eigenvalue weighted by Gasteiger charge is 2.53. The summed E-state index contributed by atoms with van der Waals surface area (Å²) in [6.45, 7) is 3.83. The van der Waals surface area contributed by atoms with Crippen LogP contribution in [-0.4, -0.2) is 54.2 Å². The third-order valence-corrected chi connectivity index (χ3v) is 7.18. The predicted molar refractivity (Wildman–Crippen MR) is 107 cm³/mol. The lowest BCUT2D eigenvalue weighted by Crippen LogP contribution is -2.54. The van der Waals surface area contributed by atoms with Crippen LogP contribution in [0.5, 0.6) is 0 Å². The maximum absolute atomic E-state index is 12.9. The minimum Gasteiger partial charge on any atom is -0.317 e. The van der Waals surface area contributed by atoms with E-state index in [2.05, 4.69) is 16.0 Å². The van der Waals surface area contributed by atoms with Crippen LogP contribution in [0.2, 0.25) is 0 Å². The predicted octanol–water partition coefficient (Wildman–Crippen LogP) is 0.567. The molecule has 3 heterocycles. The van der Waals surface area contributed by atoms with Crippen molar-refractivity contribution < 1.29 is 19.2 Å². The van der Waals surface area contributed by atoms with Gasteiger partial charge in [0.15, 0.2) is 0 Å². The molecular weight excluding hydrogens is 384 g/mol. The van der Waals surface area contributed by atoms with Crippen LogP contribution in [0.1, 0.15) is 58.4 Å². The summed E-state index contributed by atoms with van der Waals surface area (Å²) < 4.78 is 0. The molecule has 5 rings (SSSR count). The van der Waals surface area contributed by atoms with Gasteiger partial charge in [0.2, 0.25) is 11.8 Å². The summed E-state index contributed by atoms with van der Waals surface area (Å²) in [6.07, 6.45) is 4.09. The number of piperidine rings is 2. The number of hydrogen-bond acceptors (Lipinski definition) is 6. The Balaban J connectivity index is 1.23. The highest BCUT2D eigenvalue weighted by molar-refractivity contribution is 6.23. The van der Waals surface area contributed by atoms with Crippen LogP contribution in [0.4, 0.5) is 0 Å². The number of nitrogens with one attached hydrogen (secondary N) is 3. The molecule has 1 aromatic carbocycles. The summed E-state index contributed by atoms with van der Waals surface area (Å²) in [4.78, 5) is 50.2. The van der Waals surface area contributed by atoms with E-state index in [0.29, 0.717) is 23.1 Å². The number of amides is 4. The number of nitrogens with zero attached hydrogens (tertiary/aromatic N) is 1. The Morgan fingerprint density at radius 3 is 2.60 bits per heavy atom. The fraction of sp³-hybridized carbons (Fsp3) is 0.545. The third-order valence-electron chi connectivity index (χ3n) is 7.18. The molecule has 2 saturated heterocycles. The van der Waals surface area contributed by atoms with Crippen LogP contribution in [-0.2, 0) is 16.1 Å². The molecule has 4 amide bonds. The fourth-order valence-electron chi connectivity index (χ4n) is 5.28. The quantitative estimate of drug-likeness (QED) is 0.613. The van der Waals surface area contributed by atoms with Gasteiger partial charge in [-0.15, -0.1) is 0 Å². The Morgan fingerprint density at radius 2 is 1.83 bits per heavy atom. The summed E-state index contributed by atoms with van der Waals surface area (Å²) in [5.41, 5.74) is 2.13. The van der Waals surface area contributed by atoms with Gasteiger partial charge in [0.05, 0.1) is 11.1 Å². The van der Waals surface area contributed by atoms with Crippen molar-refractivity contribution in [1.29, 1.82) is 0 Å². The zero-order chi connectivity index (χ0) is 20.9. The van der Waals surface area contributed by atoms with Gasteiger partial charge in [-0.25, -0.2) is 0 Å². The van der Waals surface area contributed by atoms with Gasteiger partial charge in [-0.2, -0.15) is 0 Å². The van der Waals surface area contributed by atoms with Crippen LogP contribution in [0, 0.1) is 11.3 Å². The average Bonchev–Trinajstić information content (AvgIpc) is 3.33. The van der Waals surface area contributed by atoms with Crippen LogP contribution < -0.4 is 16.0 Å². The first kappa shape index (κ1) is 19.4. The maximum Gasteiger partial charge on any atom is 0.262 e. The number of carbonyl (C=O) groups is 4. The summed E-state index contributed by atoms with van der Waals surface area (Å²) in [5.74, 6) is -1.15. The Labute approximate surface area is 174 Å². The molecule has 2 atom stereocenters. The van der Waals surface area contributed by atoms with Gasteiger partial charge in [-0.1, -0.05) is 6.07 Å². The molecular formula is C22H26N4O4. The molecule has 30 heavy (non-hydrogen) atoms. The first-order valence-corrected chi connectivity index (χ1v) is 10.7. The van der Waals surface area contributed by atoms with Crippen LogP contribution in [0.3, 0.4) is 0 Å².